The molecule has 0 aliphatic carbocycles. The molecule has 0 amide bonds. The second kappa shape index (κ2) is 3.61. The van der Waals surface area contributed by atoms with E-state index in [-0.39, 0.29) is 5.82 Å². The van der Waals surface area contributed by atoms with E-state index in [1.165, 1.54) is 12.3 Å². The van der Waals surface area contributed by atoms with Crippen LogP contribution < -0.4 is 11.1 Å². The van der Waals surface area contributed by atoms with Crippen molar-refractivity contribution in [2.24, 2.45) is 0 Å². The summed E-state index contributed by atoms with van der Waals surface area (Å²) in [5.41, 5.74) is 7.51. The molecule has 4 N–H and O–H groups in total. The molecule has 1 heterocycles. The highest BCUT2D eigenvalue weighted by Crippen LogP contribution is 2.23. The van der Waals surface area contributed by atoms with Crippen LogP contribution in [0.4, 0.5) is 21.6 Å². The van der Waals surface area contributed by atoms with Gasteiger partial charge in [-0.3, -0.25) is 5.10 Å². The summed E-state index contributed by atoms with van der Waals surface area (Å²) < 4.78 is 13.4. The number of halogens is 1. The van der Waals surface area contributed by atoms with Gasteiger partial charge in [0.1, 0.15) is 17.3 Å². The SMILES string of the molecule is Cc1ccc(F)c(Nc2cn[nH]c2N)c1. The number of aryl methyl sites for hydroxylation is 1. The first kappa shape index (κ1) is 9.51. The summed E-state index contributed by atoms with van der Waals surface area (Å²) in [5, 5.41) is 9.17. The van der Waals surface area contributed by atoms with Crippen LogP contribution in [0.1, 0.15) is 5.56 Å². The number of aromatic nitrogens is 2. The van der Waals surface area contributed by atoms with Crippen LogP contribution in [0, 0.1) is 12.7 Å². The van der Waals surface area contributed by atoms with Crippen LogP contribution in [0.3, 0.4) is 0 Å². The van der Waals surface area contributed by atoms with Gasteiger partial charge in [-0.25, -0.2) is 4.39 Å². The highest BCUT2D eigenvalue weighted by molar-refractivity contribution is 5.69. The number of nitrogens with two attached hydrogens (primary N) is 1. The molecule has 15 heavy (non-hydrogen) atoms. The lowest BCUT2D eigenvalue weighted by Crippen LogP contribution is -1.96. The van der Waals surface area contributed by atoms with Gasteiger partial charge in [0.2, 0.25) is 0 Å². The molecule has 0 unspecified atom stereocenters. The molecule has 2 aromatic rings. The second-order valence-corrected chi connectivity index (χ2v) is 3.31. The molecule has 1 aromatic carbocycles. The Kier molecular flexibility index (Phi) is 2.29. The Bertz CT molecular complexity index is 478. The van der Waals surface area contributed by atoms with Crippen LogP contribution in [-0.4, -0.2) is 10.2 Å². The van der Waals surface area contributed by atoms with Crippen molar-refractivity contribution in [1.29, 1.82) is 0 Å². The molecular weight excluding hydrogens is 195 g/mol. The first-order valence-electron chi connectivity index (χ1n) is 4.49. The summed E-state index contributed by atoms with van der Waals surface area (Å²) in [7, 11) is 0. The number of nitrogens with zero attached hydrogens (tertiary/aromatic N) is 1. The van der Waals surface area contributed by atoms with Gasteiger partial charge >= 0.3 is 0 Å². The van der Waals surface area contributed by atoms with Crippen LogP contribution in [0.2, 0.25) is 0 Å². The fourth-order valence-electron chi connectivity index (χ4n) is 1.28. The summed E-state index contributed by atoms with van der Waals surface area (Å²) in [4.78, 5) is 0. The minimum Gasteiger partial charge on any atom is -0.382 e. The second-order valence-electron chi connectivity index (χ2n) is 3.31. The number of H-pyrrole nitrogens is 1. The topological polar surface area (TPSA) is 66.7 Å². The van der Waals surface area contributed by atoms with E-state index in [1.54, 1.807) is 12.1 Å². The number of hydrogen-bond acceptors (Lipinski definition) is 3. The number of aromatic amines is 1. The molecule has 0 saturated carbocycles. The number of nitrogen functional groups attached to an aromatic ring is 1. The van der Waals surface area contributed by atoms with Gasteiger partial charge in [-0.15, -0.1) is 0 Å². The van der Waals surface area contributed by atoms with Gasteiger partial charge in [0.25, 0.3) is 0 Å². The summed E-state index contributed by atoms with van der Waals surface area (Å²) in [6, 6.07) is 4.83. The Morgan fingerprint density at radius 2 is 2.20 bits per heavy atom. The zero-order chi connectivity index (χ0) is 10.8. The average molecular weight is 206 g/mol. The molecular formula is C10H11FN4. The van der Waals surface area contributed by atoms with E-state index < -0.39 is 0 Å². The van der Waals surface area contributed by atoms with E-state index in [0.717, 1.165) is 5.56 Å². The number of hydrogen-bond donors (Lipinski definition) is 3. The average Bonchev–Trinajstić information content (AvgIpc) is 2.58. The van der Waals surface area contributed by atoms with Crippen molar-refractivity contribution in [1.82, 2.24) is 10.2 Å². The van der Waals surface area contributed by atoms with Crippen LogP contribution >= 0.6 is 0 Å². The molecule has 0 saturated heterocycles. The van der Waals surface area contributed by atoms with Crippen LogP contribution in [0.25, 0.3) is 0 Å². The maximum absolute atomic E-state index is 13.4. The van der Waals surface area contributed by atoms with Crippen molar-refractivity contribution in [3.05, 3.63) is 35.8 Å². The van der Waals surface area contributed by atoms with Crippen molar-refractivity contribution in [2.75, 3.05) is 11.1 Å². The van der Waals surface area contributed by atoms with Gasteiger partial charge in [-0.1, -0.05) is 6.07 Å². The quantitative estimate of drug-likeness (QED) is 0.705. The van der Waals surface area contributed by atoms with E-state index in [4.69, 9.17) is 5.73 Å². The maximum atomic E-state index is 13.4. The first-order valence-corrected chi connectivity index (χ1v) is 4.49. The molecule has 1 aromatic heterocycles. The molecule has 0 fully saturated rings. The van der Waals surface area contributed by atoms with Gasteiger partial charge in [-0.05, 0) is 24.6 Å². The predicted molar refractivity (Wildman–Crippen MR) is 57.4 cm³/mol. The fraction of sp³-hybridized carbons (Fsp3) is 0.100. The van der Waals surface area contributed by atoms with Gasteiger partial charge in [0, 0.05) is 0 Å². The monoisotopic (exact) mass is 206 g/mol. The standard InChI is InChI=1S/C10H11FN4/c1-6-2-3-7(11)8(4-6)14-9-5-13-15-10(9)12/h2-5,14H,1H3,(H3,12,13,15). The lowest BCUT2D eigenvalue weighted by molar-refractivity contribution is 0.631. The molecule has 0 radical (unpaired) electrons. The van der Waals surface area contributed by atoms with E-state index in [2.05, 4.69) is 15.5 Å². The van der Waals surface area contributed by atoms with Gasteiger partial charge in [-0.2, -0.15) is 5.10 Å². The number of nitrogens with one attached hydrogen (secondary N) is 2. The predicted octanol–water partition coefficient (Wildman–Crippen LogP) is 2.18. The minimum atomic E-state index is -0.318. The first-order chi connectivity index (χ1) is 7.16. The van der Waals surface area contributed by atoms with Crippen molar-refractivity contribution in [2.45, 2.75) is 6.92 Å². The summed E-state index contributed by atoms with van der Waals surface area (Å²) in [5.74, 6) is 0.0668. The van der Waals surface area contributed by atoms with E-state index in [9.17, 15) is 4.39 Å². The maximum Gasteiger partial charge on any atom is 0.146 e. The zero-order valence-electron chi connectivity index (χ0n) is 8.21. The molecule has 0 atom stereocenters. The van der Waals surface area contributed by atoms with E-state index in [1.807, 2.05) is 6.92 Å². The van der Waals surface area contributed by atoms with Crippen LogP contribution in [-0.2, 0) is 0 Å². The normalized spacial score (nSPS) is 10.3. The summed E-state index contributed by atoms with van der Waals surface area (Å²) in [6.07, 6.45) is 1.51. The van der Waals surface area contributed by atoms with Crippen LogP contribution in [0.15, 0.2) is 24.4 Å². The van der Waals surface area contributed by atoms with Gasteiger partial charge in [0.15, 0.2) is 0 Å². The Morgan fingerprint density at radius 3 is 2.87 bits per heavy atom. The van der Waals surface area contributed by atoms with Crippen molar-refractivity contribution in [3.63, 3.8) is 0 Å². The van der Waals surface area contributed by atoms with Crippen molar-refractivity contribution in [3.8, 4) is 0 Å². The Morgan fingerprint density at radius 1 is 1.40 bits per heavy atom. The zero-order valence-corrected chi connectivity index (χ0v) is 8.21. The van der Waals surface area contributed by atoms with Gasteiger partial charge in [0.05, 0.1) is 11.9 Å². The largest absolute Gasteiger partial charge is 0.382 e. The molecule has 0 aliphatic rings. The summed E-state index contributed by atoms with van der Waals surface area (Å²) in [6.45, 7) is 1.89. The Labute approximate surface area is 86.3 Å². The Balaban J connectivity index is 2.32. The van der Waals surface area contributed by atoms with E-state index in [0.29, 0.717) is 17.2 Å². The number of benzene rings is 1. The lowest BCUT2D eigenvalue weighted by atomic mass is 10.2. The Hall–Kier alpha value is -2.04. The minimum absolute atomic E-state index is 0.318. The molecule has 4 nitrogen and oxygen atoms in total. The highest BCUT2D eigenvalue weighted by atomic mass is 19.1. The lowest BCUT2D eigenvalue weighted by Gasteiger charge is -2.06. The van der Waals surface area contributed by atoms with Crippen molar-refractivity contribution >= 4 is 17.2 Å². The molecule has 0 bridgehead atoms. The molecule has 2 rings (SSSR count). The fourth-order valence-corrected chi connectivity index (χ4v) is 1.28. The number of anilines is 3. The third-order valence-corrected chi connectivity index (χ3v) is 2.06. The van der Waals surface area contributed by atoms with Crippen molar-refractivity contribution < 1.29 is 4.39 Å². The molecule has 78 valence electrons. The van der Waals surface area contributed by atoms with Crippen LogP contribution in [0.5, 0.6) is 0 Å². The smallest absolute Gasteiger partial charge is 0.146 e. The molecule has 5 heteroatoms. The molecule has 0 spiro atoms. The third kappa shape index (κ3) is 1.90. The molecule has 0 aliphatic heterocycles. The third-order valence-electron chi connectivity index (χ3n) is 2.06. The summed E-state index contributed by atoms with van der Waals surface area (Å²) >= 11 is 0. The number of rotatable bonds is 2. The van der Waals surface area contributed by atoms with Gasteiger partial charge < -0.3 is 11.1 Å². The highest BCUT2D eigenvalue weighted by Gasteiger charge is 2.05. The van der Waals surface area contributed by atoms with E-state index >= 15 is 0 Å².